The number of urea groups is 1. The van der Waals surface area contributed by atoms with E-state index in [1.807, 2.05) is 18.2 Å². The molecule has 0 radical (unpaired) electrons. The number of hydrogen-bond donors (Lipinski definition) is 3. The van der Waals surface area contributed by atoms with E-state index in [1.54, 1.807) is 36.7 Å². The average Bonchev–Trinajstić information content (AvgIpc) is 3.02. The molecule has 0 saturated heterocycles. The number of rotatable bonds is 6. The van der Waals surface area contributed by atoms with Crippen LogP contribution in [-0.4, -0.2) is 30.4 Å². The first-order valence-electron chi connectivity index (χ1n) is 8.17. The SMILES string of the molecule is CC(C)=CC(=O)Nc1scc(-c2ccccc2)c1C(=O)OCC(=O)NC(N)=O. The van der Waals surface area contributed by atoms with Crippen LogP contribution in [0.2, 0.25) is 0 Å². The predicted molar refractivity (Wildman–Crippen MR) is 106 cm³/mol. The summed E-state index contributed by atoms with van der Waals surface area (Å²) in [6.07, 6.45) is 1.40. The molecule has 0 unspecified atom stereocenters. The van der Waals surface area contributed by atoms with Crippen molar-refractivity contribution >= 4 is 40.2 Å². The van der Waals surface area contributed by atoms with Gasteiger partial charge >= 0.3 is 12.0 Å². The van der Waals surface area contributed by atoms with Crippen LogP contribution in [-0.2, 0) is 14.3 Å². The first-order chi connectivity index (χ1) is 13.3. The lowest BCUT2D eigenvalue weighted by Crippen LogP contribution is -2.37. The summed E-state index contributed by atoms with van der Waals surface area (Å²) in [5, 5.41) is 6.48. The third kappa shape index (κ3) is 5.78. The number of nitrogens with one attached hydrogen (secondary N) is 2. The van der Waals surface area contributed by atoms with Crippen molar-refractivity contribution in [3.8, 4) is 11.1 Å². The van der Waals surface area contributed by atoms with Gasteiger partial charge in [0.15, 0.2) is 6.61 Å². The van der Waals surface area contributed by atoms with Crippen molar-refractivity contribution in [2.75, 3.05) is 11.9 Å². The molecule has 1 heterocycles. The van der Waals surface area contributed by atoms with Gasteiger partial charge in [0, 0.05) is 17.0 Å². The number of benzene rings is 1. The standard InChI is InChI=1S/C19H19N3O5S/c1-11(2)8-14(23)21-17-16(18(25)27-9-15(24)22-19(20)26)13(10-28-17)12-6-4-3-5-7-12/h3-8,10H,9H2,1-2H3,(H,21,23)(H3,20,22,24,26). The van der Waals surface area contributed by atoms with Gasteiger partial charge < -0.3 is 15.8 Å². The molecule has 0 aliphatic carbocycles. The molecule has 0 saturated carbocycles. The molecule has 1 aromatic heterocycles. The zero-order valence-corrected chi connectivity index (χ0v) is 16.1. The van der Waals surface area contributed by atoms with Crippen molar-refractivity contribution in [1.29, 1.82) is 0 Å². The van der Waals surface area contributed by atoms with Gasteiger partial charge in [-0.25, -0.2) is 9.59 Å². The van der Waals surface area contributed by atoms with Crippen LogP contribution in [0.5, 0.6) is 0 Å². The van der Waals surface area contributed by atoms with Crippen LogP contribution in [0.1, 0.15) is 24.2 Å². The van der Waals surface area contributed by atoms with Crippen LogP contribution >= 0.6 is 11.3 Å². The van der Waals surface area contributed by atoms with Crippen LogP contribution in [0, 0.1) is 0 Å². The van der Waals surface area contributed by atoms with E-state index in [-0.39, 0.29) is 11.5 Å². The monoisotopic (exact) mass is 401 g/mol. The molecular formula is C19H19N3O5S. The number of carbonyl (C=O) groups excluding carboxylic acids is 4. The Morgan fingerprint density at radius 3 is 2.43 bits per heavy atom. The zero-order chi connectivity index (χ0) is 20.7. The second-order valence-corrected chi connectivity index (χ2v) is 6.80. The molecule has 4 N–H and O–H groups in total. The Balaban J connectivity index is 2.32. The lowest BCUT2D eigenvalue weighted by Gasteiger charge is -2.09. The molecule has 0 aliphatic rings. The minimum absolute atomic E-state index is 0.124. The Bertz CT molecular complexity index is 930. The topological polar surface area (TPSA) is 128 Å². The fraction of sp³-hybridized carbons (Fsp3) is 0.158. The summed E-state index contributed by atoms with van der Waals surface area (Å²) in [5.41, 5.74) is 7.07. The number of amides is 4. The molecular weight excluding hydrogens is 382 g/mol. The molecule has 0 atom stereocenters. The second kappa shape index (κ2) is 9.47. The molecule has 28 heavy (non-hydrogen) atoms. The van der Waals surface area contributed by atoms with Crippen LogP contribution in [0.25, 0.3) is 11.1 Å². The number of imide groups is 1. The predicted octanol–water partition coefficient (Wildman–Crippen LogP) is 2.67. The highest BCUT2D eigenvalue weighted by molar-refractivity contribution is 7.15. The van der Waals surface area contributed by atoms with Crippen molar-refractivity contribution in [3.63, 3.8) is 0 Å². The molecule has 0 fully saturated rings. The van der Waals surface area contributed by atoms with Gasteiger partial charge in [-0.1, -0.05) is 35.9 Å². The number of esters is 1. The average molecular weight is 401 g/mol. The molecule has 4 amide bonds. The largest absolute Gasteiger partial charge is 0.452 e. The minimum atomic E-state index is -1.05. The second-order valence-electron chi connectivity index (χ2n) is 5.92. The number of anilines is 1. The highest BCUT2D eigenvalue weighted by Gasteiger charge is 2.23. The summed E-state index contributed by atoms with van der Waals surface area (Å²) in [6, 6.07) is 8.02. The van der Waals surface area contributed by atoms with Gasteiger partial charge in [0.25, 0.3) is 5.91 Å². The van der Waals surface area contributed by atoms with E-state index in [9.17, 15) is 19.2 Å². The minimum Gasteiger partial charge on any atom is -0.452 e. The maximum atomic E-state index is 12.6. The van der Waals surface area contributed by atoms with Gasteiger partial charge in [-0.05, 0) is 19.4 Å². The molecule has 0 spiro atoms. The number of nitrogens with two attached hydrogens (primary N) is 1. The molecule has 1 aromatic carbocycles. The molecule has 0 bridgehead atoms. The van der Waals surface area contributed by atoms with Crippen molar-refractivity contribution in [2.45, 2.75) is 13.8 Å². The smallest absolute Gasteiger partial charge is 0.342 e. The molecule has 8 nitrogen and oxygen atoms in total. The third-order valence-corrected chi connectivity index (χ3v) is 4.23. The highest BCUT2D eigenvalue weighted by atomic mass is 32.1. The Hall–Kier alpha value is -3.46. The number of hydrogen-bond acceptors (Lipinski definition) is 6. The van der Waals surface area contributed by atoms with Crippen molar-refractivity contribution in [2.24, 2.45) is 5.73 Å². The van der Waals surface area contributed by atoms with Crippen molar-refractivity contribution in [3.05, 3.63) is 52.9 Å². The van der Waals surface area contributed by atoms with Gasteiger partial charge in [0.2, 0.25) is 5.91 Å². The molecule has 0 aliphatic heterocycles. The maximum Gasteiger partial charge on any atom is 0.342 e. The van der Waals surface area contributed by atoms with Gasteiger partial charge in [-0.3, -0.25) is 14.9 Å². The fourth-order valence-corrected chi connectivity index (χ4v) is 3.23. The summed E-state index contributed by atoms with van der Waals surface area (Å²) in [6.45, 7) is 2.86. The van der Waals surface area contributed by atoms with Gasteiger partial charge in [-0.15, -0.1) is 11.3 Å². The number of ether oxygens (including phenoxy) is 1. The van der Waals surface area contributed by atoms with Crippen LogP contribution in [0.4, 0.5) is 9.80 Å². The summed E-state index contributed by atoms with van der Waals surface area (Å²) in [7, 11) is 0. The maximum absolute atomic E-state index is 12.6. The van der Waals surface area contributed by atoms with Gasteiger partial charge in [0.05, 0.1) is 0 Å². The van der Waals surface area contributed by atoms with E-state index in [1.165, 1.54) is 6.08 Å². The van der Waals surface area contributed by atoms with Crippen molar-refractivity contribution < 1.29 is 23.9 Å². The first kappa shape index (κ1) is 20.8. The lowest BCUT2D eigenvalue weighted by molar-refractivity contribution is -0.123. The van der Waals surface area contributed by atoms with E-state index in [2.05, 4.69) is 5.32 Å². The summed E-state index contributed by atoms with van der Waals surface area (Å²) in [4.78, 5) is 46.9. The molecule has 9 heteroatoms. The normalized spacial score (nSPS) is 9.93. The quantitative estimate of drug-likeness (QED) is 0.506. The van der Waals surface area contributed by atoms with E-state index < -0.39 is 24.5 Å². The van der Waals surface area contributed by atoms with Crippen molar-refractivity contribution in [1.82, 2.24) is 5.32 Å². The number of primary amides is 1. The van der Waals surface area contributed by atoms with Crippen LogP contribution < -0.4 is 16.4 Å². The van der Waals surface area contributed by atoms with E-state index >= 15 is 0 Å². The van der Waals surface area contributed by atoms with E-state index in [0.717, 1.165) is 22.5 Å². The van der Waals surface area contributed by atoms with Crippen LogP contribution in [0.15, 0.2) is 47.4 Å². The summed E-state index contributed by atoms with van der Waals surface area (Å²) >= 11 is 1.16. The third-order valence-electron chi connectivity index (χ3n) is 3.33. The Morgan fingerprint density at radius 2 is 1.82 bits per heavy atom. The fourth-order valence-electron chi connectivity index (χ4n) is 2.27. The molecule has 146 valence electrons. The van der Waals surface area contributed by atoms with Gasteiger partial charge in [-0.2, -0.15) is 0 Å². The summed E-state index contributed by atoms with van der Waals surface area (Å²) in [5.74, 6) is -2.05. The highest BCUT2D eigenvalue weighted by Crippen LogP contribution is 2.36. The van der Waals surface area contributed by atoms with E-state index in [0.29, 0.717) is 10.6 Å². The first-order valence-corrected chi connectivity index (χ1v) is 9.05. The molecule has 2 aromatic rings. The Morgan fingerprint density at radius 1 is 1.14 bits per heavy atom. The Kier molecular flexibility index (Phi) is 7.05. The van der Waals surface area contributed by atoms with Gasteiger partial charge in [0.1, 0.15) is 10.6 Å². The zero-order valence-electron chi connectivity index (χ0n) is 15.3. The number of allylic oxidation sites excluding steroid dienone is 1. The Labute approximate surface area is 165 Å². The lowest BCUT2D eigenvalue weighted by atomic mass is 10.0. The summed E-state index contributed by atoms with van der Waals surface area (Å²) < 4.78 is 5.00. The molecule has 2 rings (SSSR count). The number of thiophene rings is 1. The number of carbonyl (C=O) groups is 4. The van der Waals surface area contributed by atoms with Crippen LogP contribution in [0.3, 0.4) is 0 Å². The van der Waals surface area contributed by atoms with E-state index in [4.69, 9.17) is 10.5 Å².